The number of tetrazole rings is 1. The van der Waals surface area contributed by atoms with E-state index in [9.17, 15) is 14.0 Å². The Morgan fingerprint density at radius 1 is 1.05 bits per heavy atom. The van der Waals surface area contributed by atoms with Crippen LogP contribution < -0.4 is 5.32 Å². The minimum atomic E-state index is -0.803. The Morgan fingerprint density at radius 3 is 2.54 bits per heavy atom. The largest absolute Gasteiger partial charge is 0.351 e. The first-order valence-electron chi connectivity index (χ1n) is 12.3. The normalized spacial score (nSPS) is 14.4. The van der Waals surface area contributed by atoms with Crippen molar-refractivity contribution in [2.75, 3.05) is 0 Å². The number of rotatable bonds is 9. The summed E-state index contributed by atoms with van der Waals surface area (Å²) in [6, 6.07) is 18.7. The van der Waals surface area contributed by atoms with Gasteiger partial charge in [0.25, 0.3) is 0 Å². The van der Waals surface area contributed by atoms with Crippen LogP contribution in [0.25, 0.3) is 11.4 Å². The van der Waals surface area contributed by atoms with Gasteiger partial charge >= 0.3 is 0 Å². The molecule has 0 bridgehead atoms. The Bertz CT molecular complexity index is 1340. The Labute approximate surface area is 218 Å². The zero-order valence-electron chi connectivity index (χ0n) is 20.2. The SMILES string of the molecule is O=C(NC1CCCC1)C(c1cccs1)N(Cc1ccccc1)C(=O)Cn1nnc(-c2ccccc2F)n1. The first-order chi connectivity index (χ1) is 18.1. The predicted octanol–water partition coefficient (Wildman–Crippen LogP) is 4.37. The topological polar surface area (TPSA) is 93.0 Å². The van der Waals surface area contributed by atoms with Crippen LogP contribution in [0, 0.1) is 5.82 Å². The van der Waals surface area contributed by atoms with Crippen LogP contribution in [0.5, 0.6) is 0 Å². The predicted molar refractivity (Wildman–Crippen MR) is 138 cm³/mol. The number of nitrogens with one attached hydrogen (secondary N) is 1. The molecule has 1 atom stereocenters. The fourth-order valence-electron chi connectivity index (χ4n) is 4.60. The van der Waals surface area contributed by atoms with Gasteiger partial charge in [0, 0.05) is 17.5 Å². The van der Waals surface area contributed by atoms with Crippen molar-refractivity contribution >= 4 is 23.2 Å². The molecule has 8 nitrogen and oxygen atoms in total. The zero-order valence-corrected chi connectivity index (χ0v) is 21.0. The third-order valence-electron chi connectivity index (χ3n) is 6.43. The highest BCUT2D eigenvalue weighted by atomic mass is 32.1. The molecule has 1 fully saturated rings. The molecule has 1 unspecified atom stereocenters. The molecule has 0 saturated heterocycles. The lowest BCUT2D eigenvalue weighted by atomic mass is 10.1. The van der Waals surface area contributed by atoms with Crippen molar-refractivity contribution in [1.29, 1.82) is 0 Å². The van der Waals surface area contributed by atoms with Crippen LogP contribution in [0.4, 0.5) is 4.39 Å². The van der Waals surface area contributed by atoms with Crippen LogP contribution in [0.15, 0.2) is 72.1 Å². The molecule has 0 radical (unpaired) electrons. The molecule has 190 valence electrons. The highest BCUT2D eigenvalue weighted by Crippen LogP contribution is 2.29. The maximum atomic E-state index is 14.2. The highest BCUT2D eigenvalue weighted by Gasteiger charge is 2.34. The summed E-state index contributed by atoms with van der Waals surface area (Å²) in [6.07, 6.45) is 4.06. The fourth-order valence-corrected chi connectivity index (χ4v) is 5.43. The number of nitrogens with zero attached hydrogens (tertiary/aromatic N) is 5. The average molecular weight is 519 g/mol. The molecule has 1 saturated carbocycles. The van der Waals surface area contributed by atoms with Gasteiger partial charge in [-0.25, -0.2) is 4.39 Å². The number of hydrogen-bond acceptors (Lipinski definition) is 6. The molecule has 2 aromatic carbocycles. The van der Waals surface area contributed by atoms with Gasteiger partial charge in [-0.05, 0) is 47.2 Å². The standard InChI is InChI=1S/C27H27FN6O2S/c28-22-14-7-6-13-21(22)26-30-32-34(31-26)18-24(35)33(17-19-9-2-1-3-10-19)25(23-15-8-16-37-23)27(36)29-20-11-4-5-12-20/h1-3,6-10,13-16,20,25H,4-5,11-12,17-18H2,(H,29,36). The van der Waals surface area contributed by atoms with Crippen LogP contribution in [0.3, 0.4) is 0 Å². The number of amides is 2. The molecule has 5 rings (SSSR count). The molecule has 1 aliphatic carbocycles. The maximum absolute atomic E-state index is 14.2. The van der Waals surface area contributed by atoms with E-state index in [1.807, 2.05) is 47.8 Å². The second-order valence-electron chi connectivity index (χ2n) is 9.04. The lowest BCUT2D eigenvalue weighted by molar-refractivity contribution is -0.142. The van der Waals surface area contributed by atoms with Crippen molar-refractivity contribution in [2.45, 2.75) is 50.9 Å². The van der Waals surface area contributed by atoms with Gasteiger partial charge in [-0.15, -0.1) is 21.5 Å². The maximum Gasteiger partial charge on any atom is 0.248 e. The van der Waals surface area contributed by atoms with Gasteiger partial charge in [-0.2, -0.15) is 4.80 Å². The van der Waals surface area contributed by atoms with Gasteiger partial charge in [-0.3, -0.25) is 9.59 Å². The third-order valence-corrected chi connectivity index (χ3v) is 7.36. The number of halogens is 1. The first-order valence-corrected chi connectivity index (χ1v) is 13.2. The molecule has 1 N–H and O–H groups in total. The van der Waals surface area contributed by atoms with Gasteiger partial charge in [0.05, 0.1) is 5.56 Å². The van der Waals surface area contributed by atoms with Crippen molar-refractivity contribution in [1.82, 2.24) is 30.4 Å². The van der Waals surface area contributed by atoms with E-state index in [2.05, 4.69) is 20.7 Å². The van der Waals surface area contributed by atoms with Crippen LogP contribution in [-0.4, -0.2) is 43.0 Å². The van der Waals surface area contributed by atoms with Crippen molar-refractivity contribution in [3.63, 3.8) is 0 Å². The van der Waals surface area contributed by atoms with E-state index >= 15 is 0 Å². The average Bonchev–Trinajstić information content (AvgIpc) is 3.69. The quantitative estimate of drug-likeness (QED) is 0.355. The van der Waals surface area contributed by atoms with E-state index < -0.39 is 11.9 Å². The number of carbonyl (C=O) groups is 2. The van der Waals surface area contributed by atoms with Gasteiger partial charge < -0.3 is 10.2 Å². The van der Waals surface area contributed by atoms with Crippen LogP contribution in [0.1, 0.15) is 42.2 Å². The van der Waals surface area contributed by atoms with Crippen molar-refractivity contribution < 1.29 is 14.0 Å². The smallest absolute Gasteiger partial charge is 0.248 e. The number of carbonyl (C=O) groups excluding carboxylic acids is 2. The lowest BCUT2D eigenvalue weighted by Crippen LogP contribution is -2.46. The third kappa shape index (κ3) is 5.91. The molecule has 0 spiro atoms. The van der Waals surface area contributed by atoms with E-state index in [-0.39, 0.29) is 42.3 Å². The number of thiophene rings is 1. The minimum Gasteiger partial charge on any atom is -0.351 e. The number of benzene rings is 2. The van der Waals surface area contributed by atoms with E-state index in [0.29, 0.717) is 0 Å². The van der Waals surface area contributed by atoms with Gasteiger partial charge in [0.1, 0.15) is 18.4 Å². The monoisotopic (exact) mass is 518 g/mol. The summed E-state index contributed by atoms with van der Waals surface area (Å²) in [7, 11) is 0. The van der Waals surface area contributed by atoms with Crippen molar-refractivity contribution in [2.24, 2.45) is 0 Å². The molecule has 2 heterocycles. The summed E-state index contributed by atoms with van der Waals surface area (Å²) in [6.45, 7) is -0.0118. The number of hydrogen-bond donors (Lipinski definition) is 1. The summed E-state index contributed by atoms with van der Waals surface area (Å²) >= 11 is 1.44. The fraction of sp³-hybridized carbons (Fsp3) is 0.296. The lowest BCUT2D eigenvalue weighted by Gasteiger charge is -2.31. The molecule has 2 aromatic heterocycles. The molecule has 0 aliphatic heterocycles. The second kappa shape index (κ2) is 11.4. The summed E-state index contributed by atoms with van der Waals surface area (Å²) in [5.74, 6) is -0.923. The summed E-state index contributed by atoms with van der Waals surface area (Å²) in [5, 5.41) is 17.2. The molecule has 10 heteroatoms. The Balaban J connectivity index is 1.43. The Morgan fingerprint density at radius 2 is 1.81 bits per heavy atom. The van der Waals surface area contributed by atoms with Crippen molar-refractivity contribution in [3.8, 4) is 11.4 Å². The number of aromatic nitrogens is 4. The molecule has 2 amide bonds. The minimum absolute atomic E-state index is 0.0919. The molecular weight excluding hydrogens is 491 g/mol. The van der Waals surface area contributed by atoms with E-state index in [1.165, 1.54) is 17.4 Å². The van der Waals surface area contributed by atoms with Crippen LogP contribution in [-0.2, 0) is 22.7 Å². The molecule has 1 aliphatic rings. The zero-order chi connectivity index (χ0) is 25.6. The van der Waals surface area contributed by atoms with E-state index in [1.54, 1.807) is 23.1 Å². The van der Waals surface area contributed by atoms with Crippen LogP contribution >= 0.6 is 11.3 Å². The van der Waals surface area contributed by atoms with Crippen molar-refractivity contribution in [3.05, 3.63) is 88.4 Å². The highest BCUT2D eigenvalue weighted by molar-refractivity contribution is 7.10. The van der Waals surface area contributed by atoms with Gasteiger partial charge in [-0.1, -0.05) is 61.4 Å². The second-order valence-corrected chi connectivity index (χ2v) is 10.0. The molecular formula is C27H27FN6O2S. The summed E-state index contributed by atoms with van der Waals surface area (Å²) in [4.78, 5) is 30.9. The van der Waals surface area contributed by atoms with E-state index in [0.717, 1.165) is 40.9 Å². The summed E-state index contributed by atoms with van der Waals surface area (Å²) < 4.78 is 14.2. The molecule has 4 aromatic rings. The molecule has 37 heavy (non-hydrogen) atoms. The van der Waals surface area contributed by atoms with Gasteiger partial charge in [0.2, 0.25) is 17.6 Å². The summed E-state index contributed by atoms with van der Waals surface area (Å²) in [5.41, 5.74) is 1.10. The van der Waals surface area contributed by atoms with Crippen LogP contribution in [0.2, 0.25) is 0 Å². The van der Waals surface area contributed by atoms with E-state index in [4.69, 9.17) is 0 Å². The Kier molecular flexibility index (Phi) is 7.65. The first kappa shape index (κ1) is 24.8. The Hall–Kier alpha value is -3.92. The van der Waals surface area contributed by atoms with Gasteiger partial charge in [0.15, 0.2) is 0 Å².